The van der Waals surface area contributed by atoms with Crippen LogP contribution in [0.1, 0.15) is 59.8 Å². The highest BCUT2D eigenvalue weighted by Gasteiger charge is 2.36. The number of carbonyl (C=O) groups excluding carboxylic acids is 3. The van der Waals surface area contributed by atoms with Gasteiger partial charge in [-0.2, -0.15) is 0 Å². The maximum Gasteiger partial charge on any atom is 0.508 e. The zero-order valence-electron chi connectivity index (χ0n) is 21.9. The number of nitrogens with zero attached hydrogens (tertiary/aromatic N) is 2. The van der Waals surface area contributed by atoms with Crippen LogP contribution in [-0.2, 0) is 42.2 Å². The van der Waals surface area contributed by atoms with Crippen LogP contribution < -0.4 is 5.73 Å². The van der Waals surface area contributed by atoms with Gasteiger partial charge in [0.15, 0.2) is 0 Å². The molecule has 0 radical (unpaired) electrons. The fourth-order valence-electron chi connectivity index (χ4n) is 2.48. The molecule has 0 saturated carbocycles. The van der Waals surface area contributed by atoms with Crippen LogP contribution in [0.3, 0.4) is 0 Å². The molecule has 0 aliphatic rings. The zero-order valence-corrected chi connectivity index (χ0v) is 22.8. The van der Waals surface area contributed by atoms with E-state index >= 15 is 0 Å². The molecule has 14 nitrogen and oxygen atoms in total. The molecule has 0 saturated heterocycles. The van der Waals surface area contributed by atoms with Crippen LogP contribution in [0.2, 0.25) is 0 Å². The molecule has 36 heavy (non-hydrogen) atoms. The summed E-state index contributed by atoms with van der Waals surface area (Å²) in [7, 11) is -2.70. The predicted octanol–water partition coefficient (Wildman–Crippen LogP) is 3.68. The number of ether oxygens (including phenoxy) is 4. The molecule has 0 bridgehead atoms. The van der Waals surface area contributed by atoms with E-state index in [1.807, 2.05) is 20.8 Å². The summed E-state index contributed by atoms with van der Waals surface area (Å²) in [6.45, 7) is 7.09. The molecular weight excluding hydrogens is 501 g/mol. The van der Waals surface area contributed by atoms with Gasteiger partial charge in [0.1, 0.15) is 13.6 Å². The van der Waals surface area contributed by atoms with Crippen LogP contribution in [0.25, 0.3) is 0 Å². The predicted molar refractivity (Wildman–Crippen MR) is 129 cm³/mol. The van der Waals surface area contributed by atoms with E-state index in [0.29, 0.717) is 19.3 Å². The number of guanidine groups is 1. The third-order valence-electron chi connectivity index (χ3n) is 4.06. The van der Waals surface area contributed by atoms with Gasteiger partial charge in [-0.1, -0.05) is 25.4 Å². The lowest BCUT2D eigenvalue weighted by Crippen LogP contribution is -2.54. The zero-order chi connectivity index (χ0) is 27.5. The molecule has 0 aromatic carbocycles. The smallest absolute Gasteiger partial charge is 0.434 e. The van der Waals surface area contributed by atoms with Crippen molar-refractivity contribution in [1.82, 2.24) is 0 Å². The summed E-state index contributed by atoms with van der Waals surface area (Å²) in [4.78, 5) is 39.6. The molecule has 0 heterocycles. The van der Waals surface area contributed by atoms with Gasteiger partial charge in [-0.05, 0) is 19.3 Å². The summed E-state index contributed by atoms with van der Waals surface area (Å²) in [6.07, 6.45) is 0.596. The quantitative estimate of drug-likeness (QED) is 0.0538. The maximum atomic E-state index is 13.3. The standard InChI is InChI=1S/C21H41N3O11P/c1-6-11-24(5,35-18(4)25)19(22)23-36(28,33-16-9-14-31-20(26)29-12-7-2)34-17-10-15-32-21(27)30-13-8-3/h6-17H2,1-5H3,(H2,22,23,28)/q+1. The number of rotatable bonds is 17. The number of carbonyl (C=O) groups is 3. The minimum atomic E-state index is -4.19. The first kappa shape index (κ1) is 33.6. The number of hydroxylamine groups is 3. The fourth-order valence-corrected chi connectivity index (χ4v) is 3.83. The number of hydrogen-bond donors (Lipinski definition) is 1. The van der Waals surface area contributed by atoms with Crippen molar-refractivity contribution in [1.29, 1.82) is 0 Å². The van der Waals surface area contributed by atoms with E-state index in [0.717, 1.165) is 0 Å². The van der Waals surface area contributed by atoms with Gasteiger partial charge in [-0.15, -0.1) is 4.76 Å². The molecule has 0 spiro atoms. The van der Waals surface area contributed by atoms with Gasteiger partial charge in [-0.25, -0.2) is 18.9 Å². The topological polar surface area (TPSA) is 171 Å². The van der Waals surface area contributed by atoms with Crippen molar-refractivity contribution >= 4 is 32.0 Å². The molecule has 210 valence electrons. The number of hydrogen-bond acceptors (Lipinski definition) is 11. The molecule has 2 N–H and O–H groups in total. The van der Waals surface area contributed by atoms with Crippen LogP contribution in [0.5, 0.6) is 0 Å². The average Bonchev–Trinajstić information content (AvgIpc) is 2.80. The van der Waals surface area contributed by atoms with Crippen molar-refractivity contribution in [3.05, 3.63) is 0 Å². The van der Waals surface area contributed by atoms with Crippen molar-refractivity contribution in [3.63, 3.8) is 0 Å². The van der Waals surface area contributed by atoms with Gasteiger partial charge in [0.25, 0.3) is 0 Å². The molecule has 0 aliphatic carbocycles. The minimum Gasteiger partial charge on any atom is -0.434 e. The molecule has 0 amide bonds. The lowest BCUT2D eigenvalue weighted by molar-refractivity contribution is -1.00. The molecule has 0 aromatic heterocycles. The van der Waals surface area contributed by atoms with Gasteiger partial charge in [0, 0.05) is 19.8 Å². The Morgan fingerprint density at radius 2 is 1.22 bits per heavy atom. The van der Waals surface area contributed by atoms with E-state index in [-0.39, 0.29) is 65.0 Å². The molecule has 1 unspecified atom stereocenters. The van der Waals surface area contributed by atoms with Gasteiger partial charge in [-0.3, -0.25) is 13.9 Å². The van der Waals surface area contributed by atoms with Crippen molar-refractivity contribution in [2.24, 2.45) is 10.5 Å². The Kier molecular flexibility index (Phi) is 17.5. The SMILES string of the molecule is CCCOC(=O)OCCCOP(=O)(N=C(N)[N+](C)(CCC)OC(C)=O)OCCCOC(=O)OCCC. The summed E-state index contributed by atoms with van der Waals surface area (Å²) >= 11 is 0. The van der Waals surface area contributed by atoms with Crippen LogP contribution >= 0.6 is 7.75 Å². The lowest BCUT2D eigenvalue weighted by Gasteiger charge is -2.28. The number of nitrogens with two attached hydrogens (primary N) is 1. The Hall–Kier alpha value is -2.41. The largest absolute Gasteiger partial charge is 0.508 e. The third kappa shape index (κ3) is 15.6. The van der Waals surface area contributed by atoms with Gasteiger partial charge in [0.05, 0.1) is 39.6 Å². The molecule has 0 aliphatic heterocycles. The lowest BCUT2D eigenvalue weighted by atomic mass is 10.4. The van der Waals surface area contributed by atoms with Crippen LogP contribution in [0, 0.1) is 0 Å². The summed E-state index contributed by atoms with van der Waals surface area (Å²) in [5.74, 6) is -0.908. The Morgan fingerprint density at radius 3 is 1.61 bits per heavy atom. The summed E-state index contributed by atoms with van der Waals surface area (Å²) < 4.78 is 46.8. The van der Waals surface area contributed by atoms with E-state index in [4.69, 9.17) is 38.6 Å². The first-order chi connectivity index (χ1) is 17.0. The Labute approximate surface area is 212 Å². The number of quaternary nitrogens is 1. The molecule has 15 heteroatoms. The second kappa shape index (κ2) is 18.8. The van der Waals surface area contributed by atoms with E-state index in [9.17, 15) is 18.9 Å². The summed E-state index contributed by atoms with van der Waals surface area (Å²) in [5, 5.41) is 0. The van der Waals surface area contributed by atoms with Crippen molar-refractivity contribution < 1.29 is 56.4 Å². The highest BCUT2D eigenvalue weighted by atomic mass is 31.2. The van der Waals surface area contributed by atoms with Crippen molar-refractivity contribution in [2.75, 3.05) is 53.2 Å². The van der Waals surface area contributed by atoms with Crippen LogP contribution in [-0.4, -0.2) is 82.1 Å². The Bertz CT molecular complexity index is 717. The molecule has 0 fully saturated rings. The highest BCUT2D eigenvalue weighted by Crippen LogP contribution is 2.50. The van der Waals surface area contributed by atoms with Crippen LogP contribution in [0.15, 0.2) is 4.76 Å². The Balaban J connectivity index is 5.14. The fraction of sp³-hybridized carbons (Fsp3) is 0.810. The normalized spacial score (nSPS) is 13.4. The van der Waals surface area contributed by atoms with Gasteiger partial charge < -0.3 is 24.7 Å². The van der Waals surface area contributed by atoms with Crippen LogP contribution in [0.4, 0.5) is 9.59 Å². The summed E-state index contributed by atoms with van der Waals surface area (Å²) in [5.41, 5.74) is 6.05. The second-order valence-electron chi connectivity index (χ2n) is 7.60. The first-order valence-corrected chi connectivity index (χ1v) is 13.4. The average molecular weight is 543 g/mol. The monoisotopic (exact) mass is 542 g/mol. The highest BCUT2D eigenvalue weighted by molar-refractivity contribution is 7.52. The van der Waals surface area contributed by atoms with E-state index in [1.54, 1.807) is 0 Å². The van der Waals surface area contributed by atoms with E-state index in [2.05, 4.69) is 4.76 Å². The Morgan fingerprint density at radius 1 is 0.778 bits per heavy atom. The molecule has 1 atom stereocenters. The first-order valence-electron chi connectivity index (χ1n) is 11.9. The maximum absolute atomic E-state index is 13.3. The molecular formula is C21H41N3O11P+. The van der Waals surface area contributed by atoms with Crippen molar-refractivity contribution in [2.45, 2.75) is 59.8 Å². The van der Waals surface area contributed by atoms with Crippen molar-refractivity contribution in [3.8, 4) is 0 Å². The van der Waals surface area contributed by atoms with E-state index < -0.39 is 30.7 Å². The molecule has 0 rings (SSSR count). The van der Waals surface area contributed by atoms with Gasteiger partial charge >= 0.3 is 32.0 Å². The molecule has 0 aromatic rings. The van der Waals surface area contributed by atoms with Gasteiger partial charge in [0.2, 0.25) is 0 Å². The van der Waals surface area contributed by atoms with E-state index in [1.165, 1.54) is 14.0 Å². The minimum absolute atomic E-state index is 0.0491. The third-order valence-corrected chi connectivity index (χ3v) is 5.53. The summed E-state index contributed by atoms with van der Waals surface area (Å²) in [6, 6.07) is 0. The second-order valence-corrected chi connectivity index (χ2v) is 9.26.